The molecule has 74 valence electrons. The first-order chi connectivity index (χ1) is 6.59. The minimum atomic E-state index is -0.260. The predicted molar refractivity (Wildman–Crippen MR) is 58.7 cm³/mol. The van der Waals surface area contributed by atoms with Crippen LogP contribution in [0.4, 0.5) is 4.39 Å². The highest BCUT2D eigenvalue weighted by Crippen LogP contribution is 2.06. The van der Waals surface area contributed by atoms with Crippen LogP contribution in [0.25, 0.3) is 0 Å². The van der Waals surface area contributed by atoms with Crippen LogP contribution in [-0.2, 0) is 0 Å². The van der Waals surface area contributed by atoms with Crippen LogP contribution in [0.3, 0.4) is 0 Å². The van der Waals surface area contributed by atoms with Gasteiger partial charge in [0, 0.05) is 0 Å². The Labute approximate surface area is 86.8 Å². The van der Waals surface area contributed by atoms with Crippen LogP contribution in [0.2, 0.25) is 0 Å². The average molecular weight is 211 g/mol. The Morgan fingerprint density at radius 1 is 1.64 bits per heavy atom. The van der Waals surface area contributed by atoms with E-state index in [1.54, 1.807) is 19.1 Å². The lowest BCUT2D eigenvalue weighted by Crippen LogP contribution is -2.23. The number of hydrogen-bond donors (Lipinski definition) is 2. The molecule has 0 heterocycles. The number of halogens is 1. The Hall–Kier alpha value is -1.49. The molecule has 5 heteroatoms. The van der Waals surface area contributed by atoms with Gasteiger partial charge in [-0.1, -0.05) is 12.1 Å². The first kappa shape index (κ1) is 10.6. The van der Waals surface area contributed by atoms with E-state index >= 15 is 0 Å². The van der Waals surface area contributed by atoms with E-state index in [0.29, 0.717) is 11.1 Å². The standard InChI is InChI=1S/C9H10FN3S/c1-6-2-3-7(4-8(6)10)5-12-13-9(11)14/h2-5H,1H3,(H3,11,13,14)/b12-5+. The molecule has 0 spiro atoms. The smallest absolute Gasteiger partial charge is 0.184 e. The summed E-state index contributed by atoms with van der Waals surface area (Å²) in [6, 6.07) is 4.82. The average Bonchev–Trinajstić information content (AvgIpc) is 2.10. The zero-order valence-electron chi connectivity index (χ0n) is 7.62. The van der Waals surface area contributed by atoms with Gasteiger partial charge in [0.1, 0.15) is 5.82 Å². The van der Waals surface area contributed by atoms with Gasteiger partial charge in [0.15, 0.2) is 5.11 Å². The fourth-order valence-electron chi connectivity index (χ4n) is 0.860. The highest BCUT2D eigenvalue weighted by molar-refractivity contribution is 7.80. The van der Waals surface area contributed by atoms with Crippen molar-refractivity contribution in [1.82, 2.24) is 5.43 Å². The number of nitrogens with one attached hydrogen (secondary N) is 1. The fourth-order valence-corrected chi connectivity index (χ4v) is 0.913. The van der Waals surface area contributed by atoms with Crippen molar-refractivity contribution in [3.8, 4) is 0 Å². The number of benzene rings is 1. The fraction of sp³-hybridized carbons (Fsp3) is 0.111. The summed E-state index contributed by atoms with van der Waals surface area (Å²) < 4.78 is 13.0. The number of nitrogens with zero attached hydrogens (tertiary/aromatic N) is 1. The molecule has 0 amide bonds. The molecule has 1 aromatic carbocycles. The van der Waals surface area contributed by atoms with Gasteiger partial charge < -0.3 is 5.73 Å². The van der Waals surface area contributed by atoms with E-state index in [1.807, 2.05) is 0 Å². The molecule has 0 fully saturated rings. The monoisotopic (exact) mass is 211 g/mol. The van der Waals surface area contributed by atoms with Crippen molar-refractivity contribution in [2.75, 3.05) is 0 Å². The van der Waals surface area contributed by atoms with Crippen molar-refractivity contribution >= 4 is 23.5 Å². The number of hydrazone groups is 1. The molecule has 0 aromatic heterocycles. The third-order valence-electron chi connectivity index (χ3n) is 1.58. The van der Waals surface area contributed by atoms with Crippen molar-refractivity contribution in [2.24, 2.45) is 10.8 Å². The Morgan fingerprint density at radius 3 is 2.93 bits per heavy atom. The molecule has 0 radical (unpaired) electrons. The van der Waals surface area contributed by atoms with E-state index in [4.69, 9.17) is 5.73 Å². The maximum atomic E-state index is 13.0. The molecule has 1 aromatic rings. The Morgan fingerprint density at radius 2 is 2.36 bits per heavy atom. The normalized spacial score (nSPS) is 10.4. The summed E-state index contributed by atoms with van der Waals surface area (Å²) in [6.07, 6.45) is 1.45. The Bertz CT molecular complexity index is 376. The second kappa shape index (κ2) is 4.66. The van der Waals surface area contributed by atoms with E-state index in [-0.39, 0.29) is 10.9 Å². The minimum Gasteiger partial charge on any atom is -0.375 e. The molecule has 0 aliphatic rings. The third kappa shape index (κ3) is 3.10. The Kier molecular flexibility index (Phi) is 3.53. The van der Waals surface area contributed by atoms with Crippen molar-refractivity contribution in [1.29, 1.82) is 0 Å². The molecule has 14 heavy (non-hydrogen) atoms. The summed E-state index contributed by atoms with van der Waals surface area (Å²) in [7, 11) is 0. The first-order valence-electron chi connectivity index (χ1n) is 3.94. The van der Waals surface area contributed by atoms with Gasteiger partial charge in [-0.05, 0) is 36.3 Å². The maximum absolute atomic E-state index is 13.0. The summed E-state index contributed by atoms with van der Waals surface area (Å²) in [5.74, 6) is -0.260. The van der Waals surface area contributed by atoms with E-state index in [0.717, 1.165) is 0 Å². The summed E-state index contributed by atoms with van der Waals surface area (Å²) in [5, 5.41) is 3.78. The Balaban J connectivity index is 2.73. The van der Waals surface area contributed by atoms with Crippen LogP contribution in [0.1, 0.15) is 11.1 Å². The van der Waals surface area contributed by atoms with Crippen LogP contribution in [-0.4, -0.2) is 11.3 Å². The second-order valence-electron chi connectivity index (χ2n) is 2.74. The number of rotatable bonds is 2. The van der Waals surface area contributed by atoms with Gasteiger partial charge in [0.05, 0.1) is 6.21 Å². The molecule has 0 bridgehead atoms. The quantitative estimate of drug-likeness (QED) is 0.440. The molecule has 1 rings (SSSR count). The van der Waals surface area contributed by atoms with Gasteiger partial charge in [0.25, 0.3) is 0 Å². The van der Waals surface area contributed by atoms with E-state index in [2.05, 4.69) is 22.7 Å². The van der Waals surface area contributed by atoms with Gasteiger partial charge >= 0.3 is 0 Å². The molecule has 0 saturated carbocycles. The molecular formula is C9H10FN3S. The van der Waals surface area contributed by atoms with Crippen molar-refractivity contribution in [3.05, 3.63) is 35.1 Å². The second-order valence-corrected chi connectivity index (χ2v) is 3.18. The highest BCUT2D eigenvalue weighted by atomic mass is 32.1. The molecule has 0 atom stereocenters. The minimum absolute atomic E-state index is 0.0776. The highest BCUT2D eigenvalue weighted by Gasteiger charge is 1.96. The molecule has 3 N–H and O–H groups in total. The summed E-state index contributed by atoms with van der Waals surface area (Å²) in [4.78, 5) is 0. The SMILES string of the molecule is Cc1ccc(/C=N/NC(N)=S)cc1F. The van der Waals surface area contributed by atoms with Crippen LogP contribution in [0, 0.1) is 12.7 Å². The van der Waals surface area contributed by atoms with Crippen molar-refractivity contribution in [3.63, 3.8) is 0 Å². The molecule has 0 aliphatic heterocycles. The van der Waals surface area contributed by atoms with E-state index in [1.165, 1.54) is 12.3 Å². The summed E-state index contributed by atoms with van der Waals surface area (Å²) in [5.41, 5.74) is 8.78. The van der Waals surface area contributed by atoms with E-state index < -0.39 is 0 Å². The first-order valence-corrected chi connectivity index (χ1v) is 4.35. The predicted octanol–water partition coefficient (Wildman–Crippen LogP) is 1.30. The molecule has 0 saturated heterocycles. The van der Waals surface area contributed by atoms with Crippen LogP contribution in [0.15, 0.2) is 23.3 Å². The van der Waals surface area contributed by atoms with Crippen molar-refractivity contribution in [2.45, 2.75) is 6.92 Å². The lowest BCUT2D eigenvalue weighted by Gasteiger charge is -1.97. The zero-order valence-corrected chi connectivity index (χ0v) is 8.44. The van der Waals surface area contributed by atoms with Crippen LogP contribution in [0.5, 0.6) is 0 Å². The molecule has 0 unspecified atom stereocenters. The number of thiocarbonyl (C=S) groups is 1. The van der Waals surface area contributed by atoms with Crippen LogP contribution < -0.4 is 11.2 Å². The zero-order chi connectivity index (χ0) is 10.6. The topological polar surface area (TPSA) is 50.4 Å². The largest absolute Gasteiger partial charge is 0.375 e. The van der Waals surface area contributed by atoms with Gasteiger partial charge in [-0.15, -0.1) is 0 Å². The number of hydrogen-bond acceptors (Lipinski definition) is 2. The molecular weight excluding hydrogens is 201 g/mol. The van der Waals surface area contributed by atoms with Gasteiger partial charge in [-0.25, -0.2) is 4.39 Å². The van der Waals surface area contributed by atoms with Crippen molar-refractivity contribution < 1.29 is 4.39 Å². The maximum Gasteiger partial charge on any atom is 0.184 e. The number of aryl methyl sites for hydroxylation is 1. The summed E-state index contributed by atoms with van der Waals surface area (Å²) >= 11 is 4.54. The van der Waals surface area contributed by atoms with Gasteiger partial charge in [-0.3, -0.25) is 5.43 Å². The molecule has 0 aliphatic carbocycles. The van der Waals surface area contributed by atoms with Gasteiger partial charge in [-0.2, -0.15) is 5.10 Å². The third-order valence-corrected chi connectivity index (χ3v) is 1.68. The molecule has 3 nitrogen and oxygen atoms in total. The van der Waals surface area contributed by atoms with Crippen LogP contribution >= 0.6 is 12.2 Å². The lowest BCUT2D eigenvalue weighted by atomic mass is 10.1. The lowest BCUT2D eigenvalue weighted by molar-refractivity contribution is 0.618. The van der Waals surface area contributed by atoms with E-state index in [9.17, 15) is 4.39 Å². The summed E-state index contributed by atoms with van der Waals surface area (Å²) in [6.45, 7) is 1.70. The van der Waals surface area contributed by atoms with Gasteiger partial charge in [0.2, 0.25) is 0 Å². The number of nitrogens with two attached hydrogens (primary N) is 1.